The van der Waals surface area contributed by atoms with Gasteiger partial charge in [0.2, 0.25) is 0 Å². The Hall–Kier alpha value is -0.920. The quantitative estimate of drug-likeness (QED) is 0.422. The highest BCUT2D eigenvalue weighted by Gasteiger charge is 1.99. The molecule has 0 aliphatic carbocycles. The maximum atomic E-state index is 4.27. The van der Waals surface area contributed by atoms with Crippen LogP contribution in [0.4, 0.5) is 0 Å². The molecule has 2 heteroatoms. The molecule has 1 aromatic heterocycles. The number of nitrogens with zero attached hydrogens (tertiary/aromatic N) is 2. The van der Waals surface area contributed by atoms with Crippen molar-refractivity contribution in [2.45, 2.75) is 77.7 Å². The Kier molecular flexibility index (Phi) is 9.41. The highest BCUT2D eigenvalue weighted by Crippen LogP contribution is 2.10. The largest absolute Gasteiger partial charge is 0.196 e. The summed E-state index contributed by atoms with van der Waals surface area (Å²) in [4.78, 5) is 0. The Bertz CT molecular complexity index is 272. The molecule has 0 fully saturated rings. The summed E-state index contributed by atoms with van der Waals surface area (Å²) in [6, 6.07) is 4.01. The van der Waals surface area contributed by atoms with Crippen LogP contribution < -0.4 is 4.68 Å². The summed E-state index contributed by atoms with van der Waals surface area (Å²) in [7, 11) is 0. The van der Waals surface area contributed by atoms with Gasteiger partial charge < -0.3 is 0 Å². The second-order valence-electron chi connectivity index (χ2n) is 5.14. The van der Waals surface area contributed by atoms with E-state index in [1.165, 1.54) is 64.2 Å². The van der Waals surface area contributed by atoms with Crippen LogP contribution in [-0.4, -0.2) is 5.10 Å². The molecule has 0 bridgehead atoms. The van der Waals surface area contributed by atoms with Crippen LogP contribution in [0.1, 0.15) is 71.1 Å². The first kappa shape index (κ1) is 15.1. The van der Waals surface area contributed by atoms with E-state index in [0.29, 0.717) is 0 Å². The monoisotopic (exact) mass is 249 g/mol. The van der Waals surface area contributed by atoms with E-state index in [2.05, 4.69) is 12.0 Å². The summed E-state index contributed by atoms with van der Waals surface area (Å²) in [6.07, 6.45) is 17.8. The number of aromatic nitrogens is 2. The molecule has 0 saturated carbocycles. The van der Waals surface area contributed by atoms with Gasteiger partial charge in [0.25, 0.3) is 0 Å². The number of hydrogen-bond donors (Lipinski definition) is 0. The van der Waals surface area contributed by atoms with Gasteiger partial charge in [-0.1, -0.05) is 63.0 Å². The molecule has 0 atom stereocenters. The van der Waals surface area contributed by atoms with Gasteiger partial charge in [-0.15, -0.1) is 0 Å². The lowest BCUT2D eigenvalue weighted by atomic mass is 10.1. The zero-order valence-electron chi connectivity index (χ0n) is 12.0. The van der Waals surface area contributed by atoms with E-state index in [1.54, 1.807) is 0 Å². The molecule has 0 spiro atoms. The first-order valence-electron chi connectivity index (χ1n) is 7.74. The third-order valence-corrected chi connectivity index (χ3v) is 3.41. The van der Waals surface area contributed by atoms with E-state index < -0.39 is 0 Å². The lowest BCUT2D eigenvalue weighted by molar-refractivity contribution is -0.754. The summed E-state index contributed by atoms with van der Waals surface area (Å²) in [5.74, 6) is 0. The van der Waals surface area contributed by atoms with Crippen molar-refractivity contribution in [3.63, 3.8) is 0 Å². The van der Waals surface area contributed by atoms with Crippen LogP contribution >= 0.6 is 0 Å². The van der Waals surface area contributed by atoms with Crippen LogP contribution in [0, 0.1) is 0 Å². The van der Waals surface area contributed by atoms with Crippen LogP contribution in [0.15, 0.2) is 24.5 Å². The maximum Gasteiger partial charge on any atom is 0.196 e. The second-order valence-corrected chi connectivity index (χ2v) is 5.14. The van der Waals surface area contributed by atoms with E-state index in [-0.39, 0.29) is 0 Å². The van der Waals surface area contributed by atoms with Crippen molar-refractivity contribution < 1.29 is 4.68 Å². The predicted molar refractivity (Wildman–Crippen MR) is 76.3 cm³/mol. The highest BCUT2D eigenvalue weighted by atomic mass is 15.2. The molecule has 0 aliphatic heterocycles. The molecule has 18 heavy (non-hydrogen) atoms. The smallest absolute Gasteiger partial charge is 0.0913 e. The van der Waals surface area contributed by atoms with Gasteiger partial charge >= 0.3 is 0 Å². The van der Waals surface area contributed by atoms with Gasteiger partial charge in [0, 0.05) is 12.5 Å². The van der Waals surface area contributed by atoms with Crippen molar-refractivity contribution >= 4 is 0 Å². The molecule has 1 aromatic rings. The lowest BCUT2D eigenvalue weighted by Crippen LogP contribution is -2.36. The van der Waals surface area contributed by atoms with Crippen LogP contribution in [0.3, 0.4) is 0 Å². The fourth-order valence-electron chi connectivity index (χ4n) is 2.25. The van der Waals surface area contributed by atoms with E-state index in [0.717, 1.165) is 6.54 Å². The normalized spacial score (nSPS) is 10.7. The minimum absolute atomic E-state index is 1.07. The Morgan fingerprint density at radius 2 is 1.39 bits per heavy atom. The predicted octanol–water partition coefficient (Wildman–Crippen LogP) is 4.29. The highest BCUT2D eigenvalue weighted by molar-refractivity contribution is 4.76. The molecule has 102 valence electrons. The zero-order valence-corrected chi connectivity index (χ0v) is 12.0. The molecule has 0 aliphatic rings. The lowest BCUT2D eigenvalue weighted by Gasteiger charge is -2.00. The third kappa shape index (κ3) is 8.21. The van der Waals surface area contributed by atoms with Crippen LogP contribution in [0.5, 0.6) is 0 Å². The number of rotatable bonds is 11. The third-order valence-electron chi connectivity index (χ3n) is 3.41. The van der Waals surface area contributed by atoms with Crippen LogP contribution in [-0.2, 0) is 6.54 Å². The second kappa shape index (κ2) is 11.2. The van der Waals surface area contributed by atoms with Gasteiger partial charge in [0.1, 0.15) is 0 Å². The first-order chi connectivity index (χ1) is 8.93. The minimum Gasteiger partial charge on any atom is -0.0913 e. The summed E-state index contributed by atoms with van der Waals surface area (Å²) in [5.41, 5.74) is 0. The van der Waals surface area contributed by atoms with Gasteiger partial charge in [0.15, 0.2) is 12.7 Å². The summed E-state index contributed by atoms with van der Waals surface area (Å²) in [5, 5.41) is 4.27. The maximum absolute atomic E-state index is 4.27. The molecule has 2 nitrogen and oxygen atoms in total. The van der Waals surface area contributed by atoms with Gasteiger partial charge in [-0.25, -0.2) is 0 Å². The molecule has 0 unspecified atom stereocenters. The summed E-state index contributed by atoms with van der Waals surface area (Å²) < 4.78 is 2.03. The Labute approximate surface area is 112 Å². The van der Waals surface area contributed by atoms with Crippen LogP contribution in [0.25, 0.3) is 0 Å². The summed E-state index contributed by atoms with van der Waals surface area (Å²) in [6.45, 7) is 3.34. The summed E-state index contributed by atoms with van der Waals surface area (Å²) >= 11 is 0. The number of aryl methyl sites for hydroxylation is 1. The molecule has 1 heterocycles. The first-order valence-corrected chi connectivity index (χ1v) is 7.74. The van der Waals surface area contributed by atoms with Crippen LogP contribution in [0.2, 0.25) is 0 Å². The molecule has 0 saturated heterocycles. The van der Waals surface area contributed by atoms with Gasteiger partial charge in [0.05, 0.1) is 6.20 Å². The van der Waals surface area contributed by atoms with Crippen molar-refractivity contribution in [3.05, 3.63) is 24.5 Å². The van der Waals surface area contributed by atoms with Crippen molar-refractivity contribution in [2.75, 3.05) is 0 Å². The van der Waals surface area contributed by atoms with Gasteiger partial charge in [-0.2, -0.15) is 0 Å². The average Bonchev–Trinajstić information content (AvgIpc) is 2.42. The van der Waals surface area contributed by atoms with E-state index in [4.69, 9.17) is 0 Å². The SMILES string of the molecule is CCCCCCCCCCCC[n+]1ccccn1. The fraction of sp³-hybridized carbons (Fsp3) is 0.750. The number of unbranched alkanes of at least 4 members (excludes halogenated alkanes) is 9. The van der Waals surface area contributed by atoms with Crippen molar-refractivity contribution in [1.82, 2.24) is 5.10 Å². The van der Waals surface area contributed by atoms with E-state index in [9.17, 15) is 0 Å². The Balaban J connectivity index is 1.82. The van der Waals surface area contributed by atoms with E-state index in [1.807, 2.05) is 29.2 Å². The van der Waals surface area contributed by atoms with Crippen molar-refractivity contribution in [1.29, 1.82) is 0 Å². The standard InChI is InChI=1S/C16H29N2/c1-2-3-4-5-6-7-8-9-10-12-15-18-16-13-11-14-17-18/h11,13-14,16H,2-10,12,15H2,1H3/q+1. The average molecular weight is 249 g/mol. The van der Waals surface area contributed by atoms with Crippen molar-refractivity contribution in [3.8, 4) is 0 Å². The fourth-order valence-corrected chi connectivity index (χ4v) is 2.25. The molecular formula is C16H29N2+. The van der Waals surface area contributed by atoms with E-state index >= 15 is 0 Å². The molecular weight excluding hydrogens is 220 g/mol. The topological polar surface area (TPSA) is 16.8 Å². The molecule has 0 N–H and O–H groups in total. The molecule has 0 amide bonds. The van der Waals surface area contributed by atoms with Gasteiger partial charge in [-0.3, -0.25) is 0 Å². The molecule has 1 rings (SSSR count). The zero-order chi connectivity index (χ0) is 12.9. The molecule has 0 radical (unpaired) electrons. The molecule has 0 aromatic carbocycles. The number of hydrogen-bond acceptors (Lipinski definition) is 1. The Morgan fingerprint density at radius 1 is 0.778 bits per heavy atom. The van der Waals surface area contributed by atoms with Crippen molar-refractivity contribution in [2.24, 2.45) is 0 Å². The Morgan fingerprint density at radius 3 is 1.94 bits per heavy atom. The van der Waals surface area contributed by atoms with Gasteiger partial charge in [-0.05, 0) is 17.6 Å². The minimum atomic E-state index is 1.07.